The summed E-state index contributed by atoms with van der Waals surface area (Å²) in [6, 6.07) is -0.491. The lowest BCUT2D eigenvalue weighted by atomic mass is 9.84. The molecule has 1 aliphatic carbocycles. The van der Waals surface area contributed by atoms with Gasteiger partial charge in [-0.3, -0.25) is 19.6 Å². The molecule has 1 aromatic rings. The summed E-state index contributed by atoms with van der Waals surface area (Å²) < 4.78 is 0. The Morgan fingerprint density at radius 3 is 2.87 bits per heavy atom. The number of hydroxylamine groups is 2. The van der Waals surface area contributed by atoms with Gasteiger partial charge in [0, 0.05) is 17.1 Å². The van der Waals surface area contributed by atoms with Crippen LogP contribution in [0, 0.1) is 18.8 Å². The zero-order valence-electron chi connectivity index (χ0n) is 17.7. The normalized spacial score (nSPS) is 24.2. The molecule has 0 spiro atoms. The Morgan fingerprint density at radius 2 is 2.20 bits per heavy atom. The summed E-state index contributed by atoms with van der Waals surface area (Å²) in [6.07, 6.45) is 9.10. The molecule has 1 aliphatic heterocycles. The number of aromatic nitrogens is 1. The molecule has 3 amide bonds. The monoisotopic (exact) mass is 436 g/mol. The maximum atomic E-state index is 13.6. The molecule has 2 fully saturated rings. The van der Waals surface area contributed by atoms with Crippen molar-refractivity contribution in [1.29, 1.82) is 0 Å². The minimum absolute atomic E-state index is 0.0454. The van der Waals surface area contributed by atoms with Gasteiger partial charge in [0.1, 0.15) is 6.04 Å². The fourth-order valence-corrected chi connectivity index (χ4v) is 5.50. The molecule has 0 bridgehead atoms. The summed E-state index contributed by atoms with van der Waals surface area (Å²) in [5, 5.41) is 13.7. The first kappa shape index (κ1) is 22.7. The highest BCUT2D eigenvalue weighted by Crippen LogP contribution is 2.41. The van der Waals surface area contributed by atoms with Crippen LogP contribution < -0.4 is 5.32 Å². The van der Waals surface area contributed by atoms with Gasteiger partial charge >= 0.3 is 0 Å². The number of fused-ring (bicyclic) bond motifs is 1. The number of aryl methyl sites for hydroxylation is 1. The van der Waals surface area contributed by atoms with E-state index in [0.717, 1.165) is 43.4 Å². The summed E-state index contributed by atoms with van der Waals surface area (Å²) in [5.74, 6) is -0.523. The summed E-state index contributed by atoms with van der Waals surface area (Å²) in [4.78, 5) is 44.7. The molecule has 1 aromatic heterocycles. The number of hydrogen-bond donors (Lipinski definition) is 2. The van der Waals surface area contributed by atoms with Crippen molar-refractivity contribution in [2.24, 2.45) is 11.8 Å². The number of likely N-dealkylation sites (tertiary alicyclic amines) is 1. The second kappa shape index (κ2) is 10.3. The molecule has 2 N–H and O–H groups in total. The number of rotatable bonds is 9. The molecule has 30 heavy (non-hydrogen) atoms. The molecule has 166 valence electrons. The number of amides is 3. The second-order valence-electron chi connectivity index (χ2n) is 8.44. The third-order valence-electron chi connectivity index (χ3n) is 6.28. The van der Waals surface area contributed by atoms with E-state index < -0.39 is 12.0 Å². The molecule has 4 atom stereocenters. The highest BCUT2D eigenvalue weighted by atomic mass is 32.1. The van der Waals surface area contributed by atoms with Gasteiger partial charge in [0.05, 0.1) is 12.5 Å². The molecule has 8 nitrogen and oxygen atoms in total. The van der Waals surface area contributed by atoms with Gasteiger partial charge in [-0.2, -0.15) is 0 Å². The van der Waals surface area contributed by atoms with Crippen molar-refractivity contribution >= 4 is 34.7 Å². The number of unbranched alkanes of at least 4 members (excludes halogenated alkanes) is 1. The molecule has 1 saturated carbocycles. The lowest BCUT2D eigenvalue weighted by Gasteiger charge is -2.36. The number of thiazole rings is 1. The van der Waals surface area contributed by atoms with Crippen LogP contribution in [0.15, 0.2) is 6.20 Å². The maximum Gasteiger partial charge on any atom is 0.248 e. The standard InChI is InChI=1S/C21H32N4O4S/c1-3-4-7-16(12-24(29)13-26)20(28)25-17-9-6-5-8-15(17)10-18(25)19(27)23-21-22-11-14(2)30-21/h11,13,15-18,29H,3-10,12H2,1-2H3,(H,22,23,27)/t15-,16-,17+,18+/m1/s1. The lowest BCUT2D eigenvalue weighted by Crippen LogP contribution is -2.51. The van der Waals surface area contributed by atoms with Crippen molar-refractivity contribution in [3.05, 3.63) is 11.1 Å². The van der Waals surface area contributed by atoms with E-state index in [1.807, 2.05) is 13.8 Å². The second-order valence-corrected chi connectivity index (χ2v) is 9.68. The van der Waals surface area contributed by atoms with E-state index in [9.17, 15) is 19.6 Å². The van der Waals surface area contributed by atoms with Crippen LogP contribution in [0.5, 0.6) is 0 Å². The highest BCUT2D eigenvalue weighted by Gasteiger charge is 2.48. The number of anilines is 1. The van der Waals surface area contributed by atoms with E-state index in [2.05, 4.69) is 10.3 Å². The van der Waals surface area contributed by atoms with Crippen LogP contribution in [0.3, 0.4) is 0 Å². The quantitative estimate of drug-likeness (QED) is 0.352. The Balaban J connectivity index is 1.82. The predicted molar refractivity (Wildman–Crippen MR) is 114 cm³/mol. The van der Waals surface area contributed by atoms with Gasteiger partial charge < -0.3 is 10.2 Å². The van der Waals surface area contributed by atoms with E-state index in [-0.39, 0.29) is 24.4 Å². The average Bonchev–Trinajstić information content (AvgIpc) is 3.33. The van der Waals surface area contributed by atoms with E-state index in [1.165, 1.54) is 11.3 Å². The van der Waals surface area contributed by atoms with Crippen LogP contribution >= 0.6 is 11.3 Å². The third-order valence-corrected chi connectivity index (χ3v) is 7.11. The lowest BCUT2D eigenvalue weighted by molar-refractivity contribution is -0.158. The van der Waals surface area contributed by atoms with E-state index >= 15 is 0 Å². The first-order chi connectivity index (χ1) is 14.4. The van der Waals surface area contributed by atoms with Gasteiger partial charge in [-0.1, -0.05) is 32.6 Å². The minimum Gasteiger partial charge on any atom is -0.327 e. The number of nitrogens with one attached hydrogen (secondary N) is 1. The van der Waals surface area contributed by atoms with Crippen LogP contribution in [-0.4, -0.2) is 57.0 Å². The van der Waals surface area contributed by atoms with Gasteiger partial charge in [0.15, 0.2) is 5.13 Å². The average molecular weight is 437 g/mol. The summed E-state index contributed by atoms with van der Waals surface area (Å²) >= 11 is 1.41. The minimum atomic E-state index is -0.540. The predicted octanol–water partition coefficient (Wildman–Crippen LogP) is 3.20. The molecule has 0 radical (unpaired) electrons. The Hall–Kier alpha value is -2.00. The fraction of sp³-hybridized carbons (Fsp3) is 0.714. The molecular weight excluding hydrogens is 404 g/mol. The fourth-order valence-electron chi connectivity index (χ4n) is 4.84. The van der Waals surface area contributed by atoms with Crippen molar-refractivity contribution in [3.63, 3.8) is 0 Å². The molecule has 9 heteroatoms. The Labute approximate surface area is 181 Å². The van der Waals surface area contributed by atoms with E-state index in [1.54, 1.807) is 11.1 Å². The largest absolute Gasteiger partial charge is 0.327 e. The molecule has 2 heterocycles. The van der Waals surface area contributed by atoms with Crippen molar-refractivity contribution in [1.82, 2.24) is 14.9 Å². The summed E-state index contributed by atoms with van der Waals surface area (Å²) in [7, 11) is 0. The third kappa shape index (κ3) is 5.18. The topological polar surface area (TPSA) is 103 Å². The Morgan fingerprint density at radius 1 is 1.43 bits per heavy atom. The van der Waals surface area contributed by atoms with Crippen molar-refractivity contribution < 1.29 is 19.6 Å². The first-order valence-corrected chi connectivity index (χ1v) is 11.7. The highest BCUT2D eigenvalue weighted by molar-refractivity contribution is 7.15. The van der Waals surface area contributed by atoms with Crippen LogP contribution in [-0.2, 0) is 14.4 Å². The number of hydrogen-bond acceptors (Lipinski definition) is 6. The van der Waals surface area contributed by atoms with Crippen LogP contribution in [0.25, 0.3) is 0 Å². The van der Waals surface area contributed by atoms with Gasteiger partial charge in [0.25, 0.3) is 0 Å². The van der Waals surface area contributed by atoms with Gasteiger partial charge in [-0.05, 0) is 38.5 Å². The number of carbonyl (C=O) groups excluding carboxylic acids is 3. The summed E-state index contributed by atoms with van der Waals surface area (Å²) in [5.41, 5.74) is 0. The summed E-state index contributed by atoms with van der Waals surface area (Å²) in [6.45, 7) is 3.92. The molecular formula is C21H32N4O4S. The van der Waals surface area contributed by atoms with Crippen LogP contribution in [0.1, 0.15) is 63.2 Å². The zero-order valence-corrected chi connectivity index (χ0v) is 18.6. The molecule has 2 aliphatic rings. The first-order valence-electron chi connectivity index (χ1n) is 10.9. The maximum absolute atomic E-state index is 13.6. The Kier molecular flexibility index (Phi) is 7.82. The molecule has 3 rings (SSSR count). The van der Waals surface area contributed by atoms with Gasteiger partial charge in [-0.15, -0.1) is 11.3 Å². The molecule has 0 aromatic carbocycles. The smallest absolute Gasteiger partial charge is 0.248 e. The Bertz CT molecular complexity index is 755. The SMILES string of the molecule is CCCC[C@H](CN(O)C=O)C(=O)N1[C@H](C(=O)Nc2ncc(C)s2)C[C@H]2CCCC[C@@H]21. The van der Waals surface area contributed by atoms with E-state index in [4.69, 9.17) is 0 Å². The van der Waals surface area contributed by atoms with Crippen LogP contribution in [0.2, 0.25) is 0 Å². The van der Waals surface area contributed by atoms with E-state index in [0.29, 0.717) is 35.4 Å². The van der Waals surface area contributed by atoms with Crippen molar-refractivity contribution in [2.45, 2.75) is 77.3 Å². The van der Waals surface area contributed by atoms with Crippen molar-refractivity contribution in [3.8, 4) is 0 Å². The molecule has 1 saturated heterocycles. The van der Waals surface area contributed by atoms with Gasteiger partial charge in [-0.25, -0.2) is 10.0 Å². The van der Waals surface area contributed by atoms with Gasteiger partial charge in [0.2, 0.25) is 18.2 Å². The zero-order chi connectivity index (χ0) is 21.7. The van der Waals surface area contributed by atoms with Crippen molar-refractivity contribution in [2.75, 3.05) is 11.9 Å². The number of nitrogens with zero attached hydrogens (tertiary/aromatic N) is 3. The molecule has 0 unspecified atom stereocenters. The van der Waals surface area contributed by atoms with Crippen LogP contribution in [0.4, 0.5) is 5.13 Å². The number of carbonyl (C=O) groups is 3.